The highest BCUT2D eigenvalue weighted by Gasteiger charge is 2.34. The van der Waals surface area contributed by atoms with Crippen LogP contribution >= 0.6 is 0 Å². The van der Waals surface area contributed by atoms with Gasteiger partial charge < -0.3 is 10.6 Å². The molecular formula is C15H24N4. The number of aromatic nitrogens is 2. The average Bonchev–Trinajstić information content (AvgIpc) is 3.11. The van der Waals surface area contributed by atoms with Crippen LogP contribution in [0.5, 0.6) is 0 Å². The summed E-state index contributed by atoms with van der Waals surface area (Å²) in [5.74, 6) is 1.80. The molecule has 4 heteroatoms. The number of anilines is 1. The lowest BCUT2D eigenvalue weighted by atomic mass is 9.96. The van der Waals surface area contributed by atoms with Gasteiger partial charge in [-0.1, -0.05) is 12.8 Å². The molecule has 1 atom stereocenters. The van der Waals surface area contributed by atoms with Crippen LogP contribution in [0, 0.1) is 5.92 Å². The third-order valence-corrected chi connectivity index (χ3v) is 4.62. The average molecular weight is 260 g/mol. The minimum absolute atomic E-state index is 0.664. The van der Waals surface area contributed by atoms with Crippen molar-refractivity contribution in [2.24, 2.45) is 11.7 Å². The highest BCUT2D eigenvalue weighted by molar-refractivity contribution is 5.34. The molecule has 2 N–H and O–H groups in total. The first kappa shape index (κ1) is 12.9. The Hall–Kier alpha value is -1.16. The molecule has 1 aromatic heterocycles. The Morgan fingerprint density at radius 3 is 2.53 bits per heavy atom. The zero-order chi connectivity index (χ0) is 13.1. The predicted octanol–water partition coefficient (Wildman–Crippen LogP) is 2.14. The summed E-state index contributed by atoms with van der Waals surface area (Å²) in [6.45, 7) is 1.79. The van der Waals surface area contributed by atoms with Crippen molar-refractivity contribution in [2.75, 3.05) is 18.0 Å². The van der Waals surface area contributed by atoms with Crippen molar-refractivity contribution in [3.8, 4) is 0 Å². The first-order chi connectivity index (χ1) is 9.38. The number of hydrogen-bond donors (Lipinski definition) is 1. The lowest BCUT2D eigenvalue weighted by molar-refractivity contribution is 0.427. The molecule has 4 nitrogen and oxygen atoms in total. The van der Waals surface area contributed by atoms with Crippen molar-refractivity contribution in [3.63, 3.8) is 0 Å². The molecule has 1 saturated heterocycles. The summed E-state index contributed by atoms with van der Waals surface area (Å²) in [6.07, 6.45) is 13.0. The van der Waals surface area contributed by atoms with Crippen LogP contribution in [0.15, 0.2) is 12.4 Å². The molecule has 0 bridgehead atoms. The lowest BCUT2D eigenvalue weighted by Crippen LogP contribution is -2.35. The standard InChI is InChI=1S/C15H24N4/c16-8-7-12-10-17-15(18-11-12)19-9-3-6-14(19)13-4-1-2-5-13/h10-11,13-14H,1-9,16H2. The molecule has 1 aromatic rings. The van der Waals surface area contributed by atoms with Crippen LogP contribution in [0.25, 0.3) is 0 Å². The molecular weight excluding hydrogens is 236 g/mol. The van der Waals surface area contributed by atoms with Crippen LogP contribution in [-0.4, -0.2) is 29.1 Å². The van der Waals surface area contributed by atoms with Gasteiger partial charge in [0, 0.05) is 25.0 Å². The van der Waals surface area contributed by atoms with E-state index in [0.29, 0.717) is 12.6 Å². The summed E-state index contributed by atoms with van der Waals surface area (Å²) in [6, 6.07) is 0.683. The SMILES string of the molecule is NCCc1cnc(N2CCCC2C2CCCC2)nc1. The minimum Gasteiger partial charge on any atom is -0.338 e. The van der Waals surface area contributed by atoms with E-state index >= 15 is 0 Å². The highest BCUT2D eigenvalue weighted by atomic mass is 15.3. The third kappa shape index (κ3) is 2.73. The molecule has 0 aromatic carbocycles. The van der Waals surface area contributed by atoms with Gasteiger partial charge >= 0.3 is 0 Å². The molecule has 0 amide bonds. The van der Waals surface area contributed by atoms with Crippen molar-refractivity contribution in [1.82, 2.24) is 9.97 Å². The van der Waals surface area contributed by atoms with Crippen molar-refractivity contribution >= 4 is 5.95 Å². The Morgan fingerprint density at radius 2 is 1.84 bits per heavy atom. The Morgan fingerprint density at radius 1 is 1.11 bits per heavy atom. The molecule has 0 radical (unpaired) electrons. The maximum atomic E-state index is 5.56. The zero-order valence-corrected chi connectivity index (χ0v) is 11.6. The molecule has 1 aliphatic heterocycles. The molecule has 104 valence electrons. The van der Waals surface area contributed by atoms with Gasteiger partial charge in [0.05, 0.1) is 0 Å². The van der Waals surface area contributed by atoms with Gasteiger partial charge in [0.1, 0.15) is 0 Å². The molecule has 19 heavy (non-hydrogen) atoms. The molecule has 2 aliphatic rings. The molecule has 2 fully saturated rings. The van der Waals surface area contributed by atoms with Gasteiger partial charge in [0.25, 0.3) is 0 Å². The normalized spacial score (nSPS) is 24.3. The van der Waals surface area contributed by atoms with Gasteiger partial charge in [-0.25, -0.2) is 9.97 Å². The molecule has 0 spiro atoms. The summed E-state index contributed by atoms with van der Waals surface area (Å²) in [5, 5.41) is 0. The van der Waals surface area contributed by atoms with E-state index in [1.54, 1.807) is 0 Å². The van der Waals surface area contributed by atoms with Gasteiger partial charge in [-0.15, -0.1) is 0 Å². The third-order valence-electron chi connectivity index (χ3n) is 4.62. The van der Waals surface area contributed by atoms with E-state index in [0.717, 1.165) is 30.4 Å². The van der Waals surface area contributed by atoms with Gasteiger partial charge in [-0.2, -0.15) is 0 Å². The van der Waals surface area contributed by atoms with E-state index in [9.17, 15) is 0 Å². The van der Waals surface area contributed by atoms with Crippen LogP contribution in [0.1, 0.15) is 44.1 Å². The molecule has 1 saturated carbocycles. The van der Waals surface area contributed by atoms with Crippen LogP contribution in [0.2, 0.25) is 0 Å². The summed E-state index contributed by atoms with van der Waals surface area (Å²) >= 11 is 0. The Kier molecular flexibility index (Phi) is 3.97. The summed E-state index contributed by atoms with van der Waals surface area (Å²) in [7, 11) is 0. The number of nitrogens with two attached hydrogens (primary N) is 1. The smallest absolute Gasteiger partial charge is 0.225 e. The monoisotopic (exact) mass is 260 g/mol. The maximum absolute atomic E-state index is 5.56. The van der Waals surface area contributed by atoms with Crippen molar-refractivity contribution in [1.29, 1.82) is 0 Å². The highest BCUT2D eigenvalue weighted by Crippen LogP contribution is 2.36. The van der Waals surface area contributed by atoms with Crippen molar-refractivity contribution in [3.05, 3.63) is 18.0 Å². The van der Waals surface area contributed by atoms with Crippen LogP contribution in [0.4, 0.5) is 5.95 Å². The van der Waals surface area contributed by atoms with E-state index in [-0.39, 0.29) is 0 Å². The fourth-order valence-electron chi connectivity index (χ4n) is 3.67. The number of rotatable bonds is 4. The molecule has 1 aliphatic carbocycles. The Balaban J connectivity index is 1.72. The molecule has 3 rings (SSSR count). The Bertz CT molecular complexity index is 397. The van der Waals surface area contributed by atoms with Crippen LogP contribution < -0.4 is 10.6 Å². The van der Waals surface area contributed by atoms with E-state index in [4.69, 9.17) is 5.73 Å². The Labute approximate surface area is 115 Å². The molecule has 2 heterocycles. The fourth-order valence-corrected chi connectivity index (χ4v) is 3.67. The summed E-state index contributed by atoms with van der Waals surface area (Å²) in [5.41, 5.74) is 6.70. The second kappa shape index (κ2) is 5.87. The first-order valence-corrected chi connectivity index (χ1v) is 7.66. The lowest BCUT2D eigenvalue weighted by Gasteiger charge is -2.29. The fraction of sp³-hybridized carbons (Fsp3) is 0.733. The second-order valence-corrected chi connectivity index (χ2v) is 5.88. The van der Waals surface area contributed by atoms with E-state index in [1.165, 1.54) is 38.5 Å². The molecule has 1 unspecified atom stereocenters. The zero-order valence-electron chi connectivity index (χ0n) is 11.6. The van der Waals surface area contributed by atoms with Gasteiger partial charge in [-0.05, 0) is 50.1 Å². The van der Waals surface area contributed by atoms with Gasteiger partial charge in [0.2, 0.25) is 5.95 Å². The van der Waals surface area contributed by atoms with Crippen LogP contribution in [-0.2, 0) is 6.42 Å². The quantitative estimate of drug-likeness (QED) is 0.901. The second-order valence-electron chi connectivity index (χ2n) is 5.88. The minimum atomic E-state index is 0.664. The first-order valence-electron chi connectivity index (χ1n) is 7.66. The largest absolute Gasteiger partial charge is 0.338 e. The van der Waals surface area contributed by atoms with E-state index in [1.807, 2.05) is 12.4 Å². The summed E-state index contributed by atoms with van der Waals surface area (Å²) in [4.78, 5) is 11.6. The van der Waals surface area contributed by atoms with Crippen molar-refractivity contribution < 1.29 is 0 Å². The predicted molar refractivity (Wildman–Crippen MR) is 77.1 cm³/mol. The topological polar surface area (TPSA) is 55.0 Å². The van der Waals surface area contributed by atoms with Crippen LogP contribution in [0.3, 0.4) is 0 Å². The number of hydrogen-bond acceptors (Lipinski definition) is 4. The number of nitrogens with zero attached hydrogens (tertiary/aromatic N) is 3. The van der Waals surface area contributed by atoms with Gasteiger partial charge in [-0.3, -0.25) is 0 Å². The van der Waals surface area contributed by atoms with Gasteiger partial charge in [0.15, 0.2) is 0 Å². The maximum Gasteiger partial charge on any atom is 0.225 e. The van der Waals surface area contributed by atoms with Crippen molar-refractivity contribution in [2.45, 2.75) is 51.0 Å². The van der Waals surface area contributed by atoms with E-state index in [2.05, 4.69) is 14.9 Å². The van der Waals surface area contributed by atoms with E-state index < -0.39 is 0 Å². The summed E-state index contributed by atoms with van der Waals surface area (Å²) < 4.78 is 0.